The van der Waals surface area contributed by atoms with Crippen LogP contribution >= 0.6 is 0 Å². The normalized spacial score (nSPS) is 13.4. The number of carbonyl (C=O) groups is 2. The Bertz CT molecular complexity index is 919. The van der Waals surface area contributed by atoms with Crippen LogP contribution in [0.3, 0.4) is 0 Å². The minimum atomic E-state index is -0.221. The second-order valence-electron chi connectivity index (χ2n) is 7.44. The average molecular weight is 423 g/mol. The van der Waals surface area contributed by atoms with Crippen molar-refractivity contribution in [1.29, 1.82) is 0 Å². The first kappa shape index (κ1) is 22.6. The van der Waals surface area contributed by atoms with E-state index in [4.69, 9.17) is 9.47 Å². The molecule has 0 fully saturated rings. The molecule has 3 rings (SSSR count). The minimum absolute atomic E-state index is 0.221. The monoisotopic (exact) mass is 422 g/mol. The molecule has 2 aromatic rings. The molecule has 6 heteroatoms. The van der Waals surface area contributed by atoms with Gasteiger partial charge in [0.2, 0.25) is 0 Å². The Balaban J connectivity index is 1.56. The van der Waals surface area contributed by atoms with E-state index in [0.717, 1.165) is 49.5 Å². The van der Waals surface area contributed by atoms with Crippen LogP contribution in [0.1, 0.15) is 39.6 Å². The lowest BCUT2D eigenvalue weighted by atomic mass is 10.1. The third-order valence-electron chi connectivity index (χ3n) is 5.42. The van der Waals surface area contributed by atoms with Gasteiger partial charge in [0.1, 0.15) is 0 Å². The lowest BCUT2D eigenvalue weighted by Crippen LogP contribution is -2.30. The first-order valence-corrected chi connectivity index (χ1v) is 10.6. The van der Waals surface area contributed by atoms with E-state index in [2.05, 4.69) is 17.9 Å². The smallest absolute Gasteiger partial charge is 0.261 e. The molecular formula is C25H30N2O4. The largest absolute Gasteiger partial charge is 0.493 e. The lowest BCUT2D eigenvalue weighted by Gasteiger charge is -2.21. The van der Waals surface area contributed by atoms with Gasteiger partial charge in [-0.2, -0.15) is 0 Å². The number of amides is 2. The van der Waals surface area contributed by atoms with E-state index in [0.29, 0.717) is 11.1 Å². The van der Waals surface area contributed by atoms with Crippen LogP contribution in [0.25, 0.3) is 0 Å². The molecule has 2 amide bonds. The fourth-order valence-corrected chi connectivity index (χ4v) is 3.85. The quantitative estimate of drug-likeness (QED) is 0.407. The number of fused-ring (bicyclic) bond motifs is 1. The van der Waals surface area contributed by atoms with Gasteiger partial charge in [0.15, 0.2) is 11.5 Å². The molecule has 0 radical (unpaired) electrons. The molecule has 0 aromatic heterocycles. The first-order chi connectivity index (χ1) is 15.1. The van der Waals surface area contributed by atoms with Gasteiger partial charge in [-0.25, -0.2) is 0 Å². The molecule has 1 heterocycles. The summed E-state index contributed by atoms with van der Waals surface area (Å²) < 4.78 is 10.9. The number of methoxy groups -OCH3 is 2. The molecule has 31 heavy (non-hydrogen) atoms. The Hall–Kier alpha value is -3.12. The van der Waals surface area contributed by atoms with E-state index in [1.807, 2.05) is 24.3 Å². The summed E-state index contributed by atoms with van der Waals surface area (Å²) in [5.74, 6) is 1.08. The van der Waals surface area contributed by atoms with Gasteiger partial charge in [-0.1, -0.05) is 43.3 Å². The molecule has 0 bridgehead atoms. The highest BCUT2D eigenvalue weighted by Gasteiger charge is 2.34. The highest BCUT2D eigenvalue weighted by molar-refractivity contribution is 6.21. The van der Waals surface area contributed by atoms with E-state index in [9.17, 15) is 9.59 Å². The molecule has 0 unspecified atom stereocenters. The van der Waals surface area contributed by atoms with E-state index in [1.165, 1.54) is 4.90 Å². The number of rotatable bonds is 11. The van der Waals surface area contributed by atoms with Crippen LogP contribution in [0.5, 0.6) is 11.5 Å². The first-order valence-electron chi connectivity index (χ1n) is 10.6. The van der Waals surface area contributed by atoms with E-state index in [1.54, 1.807) is 38.5 Å². The molecule has 6 nitrogen and oxygen atoms in total. The van der Waals surface area contributed by atoms with Gasteiger partial charge >= 0.3 is 0 Å². The van der Waals surface area contributed by atoms with Crippen molar-refractivity contribution in [3.63, 3.8) is 0 Å². The molecule has 164 valence electrons. The van der Waals surface area contributed by atoms with Crippen LogP contribution in [-0.2, 0) is 6.42 Å². The summed E-state index contributed by atoms with van der Waals surface area (Å²) in [5, 5.41) is 0. The van der Waals surface area contributed by atoms with Gasteiger partial charge in [0, 0.05) is 19.6 Å². The standard InChI is InChI=1S/C25H30N2O4/c1-4-15-26(18-14-19-10-9-13-22(30-2)23(19)31-3)16-7-8-17-27-24(28)20-11-5-6-12-21(20)25(27)29/h5-13H,4,14-18H2,1-3H3. The fraction of sp³-hybridized carbons (Fsp3) is 0.360. The zero-order valence-corrected chi connectivity index (χ0v) is 18.5. The Labute approximate surface area is 184 Å². The van der Waals surface area contributed by atoms with Gasteiger partial charge in [-0.05, 0) is 43.1 Å². The summed E-state index contributed by atoms with van der Waals surface area (Å²) in [6, 6.07) is 12.9. The van der Waals surface area contributed by atoms with Gasteiger partial charge in [-0.3, -0.25) is 19.4 Å². The van der Waals surface area contributed by atoms with E-state index in [-0.39, 0.29) is 18.4 Å². The van der Waals surface area contributed by atoms with Crippen LogP contribution in [-0.4, -0.2) is 62.0 Å². The van der Waals surface area contributed by atoms with Crippen LogP contribution in [0, 0.1) is 0 Å². The van der Waals surface area contributed by atoms with Gasteiger partial charge in [-0.15, -0.1) is 0 Å². The van der Waals surface area contributed by atoms with Crippen molar-refractivity contribution >= 4 is 11.8 Å². The average Bonchev–Trinajstić information content (AvgIpc) is 3.04. The summed E-state index contributed by atoms with van der Waals surface area (Å²) in [7, 11) is 3.30. The van der Waals surface area contributed by atoms with Crippen LogP contribution in [0.15, 0.2) is 54.6 Å². The highest BCUT2D eigenvalue weighted by Crippen LogP contribution is 2.31. The molecule has 1 aliphatic heterocycles. The number of carbonyl (C=O) groups excluding carboxylic acids is 2. The number of hydrogen-bond acceptors (Lipinski definition) is 5. The topological polar surface area (TPSA) is 59.1 Å². The van der Waals surface area contributed by atoms with Crippen LogP contribution in [0.4, 0.5) is 0 Å². The van der Waals surface area contributed by atoms with E-state index >= 15 is 0 Å². The van der Waals surface area contributed by atoms with Gasteiger partial charge in [0.05, 0.1) is 25.3 Å². The lowest BCUT2D eigenvalue weighted by molar-refractivity contribution is 0.0672. The Morgan fingerprint density at radius 1 is 0.903 bits per heavy atom. The zero-order valence-electron chi connectivity index (χ0n) is 18.5. The number of benzene rings is 2. The van der Waals surface area contributed by atoms with E-state index < -0.39 is 0 Å². The molecule has 0 aliphatic carbocycles. The summed E-state index contributed by atoms with van der Waals surface area (Å²) in [4.78, 5) is 28.5. The summed E-state index contributed by atoms with van der Waals surface area (Å²) in [6.07, 6.45) is 5.81. The van der Waals surface area contributed by atoms with Crippen molar-refractivity contribution in [3.05, 3.63) is 71.3 Å². The molecule has 0 saturated carbocycles. The van der Waals surface area contributed by atoms with Crippen molar-refractivity contribution in [2.45, 2.75) is 19.8 Å². The third kappa shape index (κ3) is 5.14. The molecule has 1 aliphatic rings. The Morgan fingerprint density at radius 3 is 2.23 bits per heavy atom. The third-order valence-corrected chi connectivity index (χ3v) is 5.42. The fourth-order valence-electron chi connectivity index (χ4n) is 3.85. The summed E-state index contributed by atoms with van der Waals surface area (Å²) >= 11 is 0. The van der Waals surface area contributed by atoms with Crippen molar-refractivity contribution in [3.8, 4) is 11.5 Å². The molecule has 2 aromatic carbocycles. The number of para-hydroxylation sites is 1. The number of hydrogen-bond donors (Lipinski definition) is 0. The maximum Gasteiger partial charge on any atom is 0.261 e. The molecule has 0 spiro atoms. The van der Waals surface area contributed by atoms with Gasteiger partial charge in [0.25, 0.3) is 11.8 Å². The molecule has 0 N–H and O–H groups in total. The zero-order chi connectivity index (χ0) is 22.2. The van der Waals surface area contributed by atoms with Gasteiger partial charge < -0.3 is 9.47 Å². The minimum Gasteiger partial charge on any atom is -0.493 e. The molecule has 0 saturated heterocycles. The highest BCUT2D eigenvalue weighted by atomic mass is 16.5. The second kappa shape index (κ2) is 10.8. The predicted molar refractivity (Wildman–Crippen MR) is 121 cm³/mol. The summed E-state index contributed by atoms with van der Waals surface area (Å²) in [5.41, 5.74) is 2.08. The SMILES string of the molecule is CCCN(CC=CCN1C(=O)c2ccccc2C1=O)CCc1cccc(OC)c1OC. The predicted octanol–water partition coefficient (Wildman–Crippen LogP) is 3.81. The Morgan fingerprint density at radius 2 is 1.61 bits per heavy atom. The number of nitrogens with zero attached hydrogens (tertiary/aromatic N) is 2. The van der Waals surface area contributed by atoms with Crippen molar-refractivity contribution in [2.75, 3.05) is 40.4 Å². The Kier molecular flexibility index (Phi) is 7.84. The maximum atomic E-state index is 12.4. The van der Waals surface area contributed by atoms with Crippen LogP contribution < -0.4 is 9.47 Å². The second-order valence-corrected chi connectivity index (χ2v) is 7.44. The molecular weight excluding hydrogens is 392 g/mol. The summed E-state index contributed by atoms with van der Waals surface area (Å²) in [6.45, 7) is 5.03. The molecule has 0 atom stereocenters. The number of ether oxygens (including phenoxy) is 2. The van der Waals surface area contributed by atoms with Crippen molar-refractivity contribution in [2.24, 2.45) is 0 Å². The number of imide groups is 1. The maximum absolute atomic E-state index is 12.4. The van der Waals surface area contributed by atoms with Crippen molar-refractivity contribution in [1.82, 2.24) is 9.80 Å². The van der Waals surface area contributed by atoms with Crippen LogP contribution in [0.2, 0.25) is 0 Å². The van der Waals surface area contributed by atoms with Crippen molar-refractivity contribution < 1.29 is 19.1 Å².